The maximum absolute atomic E-state index is 1.64. The molecular formula is C32H54. The van der Waals surface area contributed by atoms with Gasteiger partial charge in [0.05, 0.1) is 0 Å². The van der Waals surface area contributed by atoms with Crippen molar-refractivity contribution in [3.63, 3.8) is 0 Å². The SMILES string of the molecule is C1CCC(C2CCC(C3CCC(C4CCC(C5CCC(C6CCCC6)C5)C4)CC3)CC2)C1. The van der Waals surface area contributed by atoms with Crippen molar-refractivity contribution in [2.45, 2.75) is 141 Å². The largest absolute Gasteiger partial charge is 0.0530 e. The van der Waals surface area contributed by atoms with Gasteiger partial charge in [0, 0.05) is 0 Å². The number of hydrogen-bond acceptors (Lipinski definition) is 0. The molecule has 0 heteroatoms. The highest BCUT2D eigenvalue weighted by Crippen LogP contribution is 2.53. The van der Waals surface area contributed by atoms with Crippen molar-refractivity contribution in [3.8, 4) is 0 Å². The molecule has 0 spiro atoms. The zero-order valence-corrected chi connectivity index (χ0v) is 21.3. The molecule has 6 saturated carbocycles. The first-order valence-corrected chi connectivity index (χ1v) is 15.8. The smallest absolute Gasteiger partial charge is 0.0383 e. The lowest BCUT2D eigenvalue weighted by Crippen LogP contribution is -2.29. The minimum atomic E-state index is 1.12. The Morgan fingerprint density at radius 1 is 0.188 bits per heavy atom. The van der Waals surface area contributed by atoms with Crippen LogP contribution >= 0.6 is 0 Å². The van der Waals surface area contributed by atoms with Crippen LogP contribution in [0.15, 0.2) is 0 Å². The lowest BCUT2D eigenvalue weighted by atomic mass is 9.65. The first-order valence-electron chi connectivity index (χ1n) is 15.8. The van der Waals surface area contributed by atoms with Gasteiger partial charge in [-0.15, -0.1) is 0 Å². The topological polar surface area (TPSA) is 0 Å². The molecule has 4 unspecified atom stereocenters. The van der Waals surface area contributed by atoms with Crippen molar-refractivity contribution in [1.29, 1.82) is 0 Å². The summed E-state index contributed by atoms with van der Waals surface area (Å²) in [4.78, 5) is 0. The van der Waals surface area contributed by atoms with E-state index in [2.05, 4.69) is 0 Å². The molecule has 6 fully saturated rings. The average molecular weight is 439 g/mol. The van der Waals surface area contributed by atoms with E-state index < -0.39 is 0 Å². The molecule has 6 aliphatic carbocycles. The van der Waals surface area contributed by atoms with Crippen LogP contribution in [-0.2, 0) is 0 Å². The second-order valence-corrected chi connectivity index (χ2v) is 14.1. The summed E-state index contributed by atoms with van der Waals surface area (Å²) in [5.74, 6) is 11.3. The molecule has 182 valence electrons. The van der Waals surface area contributed by atoms with Gasteiger partial charge >= 0.3 is 0 Å². The predicted octanol–water partition coefficient (Wildman–Crippen LogP) is 9.81. The Bertz CT molecular complexity index is 565. The van der Waals surface area contributed by atoms with Gasteiger partial charge in [-0.1, -0.05) is 51.4 Å². The van der Waals surface area contributed by atoms with Crippen LogP contribution in [0.3, 0.4) is 0 Å². The molecule has 0 nitrogen and oxygen atoms in total. The van der Waals surface area contributed by atoms with Gasteiger partial charge in [0.25, 0.3) is 0 Å². The molecule has 0 bridgehead atoms. The van der Waals surface area contributed by atoms with Gasteiger partial charge in [-0.3, -0.25) is 0 Å². The fourth-order valence-electron chi connectivity index (χ4n) is 10.9. The molecule has 0 heterocycles. The van der Waals surface area contributed by atoms with Crippen LogP contribution in [0.25, 0.3) is 0 Å². The monoisotopic (exact) mass is 438 g/mol. The van der Waals surface area contributed by atoms with E-state index in [0.717, 1.165) is 59.2 Å². The molecule has 0 aromatic carbocycles. The van der Waals surface area contributed by atoms with Crippen LogP contribution in [0, 0.1) is 59.2 Å². The molecule has 0 saturated heterocycles. The maximum atomic E-state index is 1.64. The first kappa shape index (κ1) is 22.5. The van der Waals surface area contributed by atoms with Crippen molar-refractivity contribution < 1.29 is 0 Å². The van der Waals surface area contributed by atoms with Crippen LogP contribution in [0.5, 0.6) is 0 Å². The van der Waals surface area contributed by atoms with Crippen molar-refractivity contribution >= 4 is 0 Å². The molecule has 32 heavy (non-hydrogen) atoms. The fourth-order valence-corrected chi connectivity index (χ4v) is 10.9. The zero-order valence-electron chi connectivity index (χ0n) is 21.3. The molecule has 4 atom stereocenters. The lowest BCUT2D eigenvalue weighted by molar-refractivity contribution is 0.110. The van der Waals surface area contributed by atoms with E-state index in [-0.39, 0.29) is 0 Å². The zero-order chi connectivity index (χ0) is 21.3. The Hall–Kier alpha value is 0. The van der Waals surface area contributed by atoms with Crippen LogP contribution in [0.1, 0.15) is 141 Å². The molecule has 0 aromatic rings. The minimum absolute atomic E-state index is 1.12. The summed E-state index contributed by atoms with van der Waals surface area (Å²) in [5.41, 5.74) is 0. The quantitative estimate of drug-likeness (QED) is 0.400. The van der Waals surface area contributed by atoms with Gasteiger partial charge in [0.2, 0.25) is 0 Å². The van der Waals surface area contributed by atoms with E-state index in [1.165, 1.54) is 0 Å². The Labute approximate surface area is 200 Å². The van der Waals surface area contributed by atoms with E-state index in [1.54, 1.807) is 141 Å². The van der Waals surface area contributed by atoms with Crippen molar-refractivity contribution in [1.82, 2.24) is 0 Å². The summed E-state index contributed by atoms with van der Waals surface area (Å²) in [6.45, 7) is 0. The third-order valence-corrected chi connectivity index (χ3v) is 12.8. The summed E-state index contributed by atoms with van der Waals surface area (Å²) >= 11 is 0. The second-order valence-electron chi connectivity index (χ2n) is 14.1. The standard InChI is InChI=1S/C32H54/c1-2-6-23(5-1)25-9-11-26(12-10-25)27-13-15-28(16-14-27)30-18-20-32(22-30)31-19-17-29(21-31)24-7-3-4-8-24/h23-32H,1-22H2. The molecule has 0 aliphatic heterocycles. The van der Waals surface area contributed by atoms with Gasteiger partial charge in [-0.25, -0.2) is 0 Å². The molecule has 6 rings (SSSR count). The highest BCUT2D eigenvalue weighted by Gasteiger charge is 2.41. The van der Waals surface area contributed by atoms with E-state index >= 15 is 0 Å². The van der Waals surface area contributed by atoms with Gasteiger partial charge < -0.3 is 0 Å². The van der Waals surface area contributed by atoms with Gasteiger partial charge in [0.1, 0.15) is 0 Å². The van der Waals surface area contributed by atoms with Crippen molar-refractivity contribution in [2.24, 2.45) is 59.2 Å². The normalized spacial score (nSPS) is 46.9. The second kappa shape index (κ2) is 10.3. The summed E-state index contributed by atoms with van der Waals surface area (Å²) < 4.78 is 0. The Balaban J connectivity index is 0.922. The van der Waals surface area contributed by atoms with E-state index in [9.17, 15) is 0 Å². The highest BCUT2D eigenvalue weighted by atomic mass is 14.5. The number of hydrogen-bond donors (Lipinski definition) is 0. The Morgan fingerprint density at radius 2 is 0.375 bits per heavy atom. The van der Waals surface area contributed by atoms with Crippen LogP contribution < -0.4 is 0 Å². The molecule has 6 aliphatic rings. The van der Waals surface area contributed by atoms with Crippen LogP contribution in [0.2, 0.25) is 0 Å². The molecule has 0 radical (unpaired) electrons. The summed E-state index contributed by atoms with van der Waals surface area (Å²) in [6.07, 6.45) is 35.0. The summed E-state index contributed by atoms with van der Waals surface area (Å²) in [7, 11) is 0. The maximum Gasteiger partial charge on any atom is -0.0383 e. The summed E-state index contributed by atoms with van der Waals surface area (Å²) in [5, 5.41) is 0. The van der Waals surface area contributed by atoms with Crippen molar-refractivity contribution in [2.75, 3.05) is 0 Å². The van der Waals surface area contributed by atoms with E-state index in [1.807, 2.05) is 0 Å². The molecular weight excluding hydrogens is 384 g/mol. The van der Waals surface area contributed by atoms with Crippen LogP contribution in [-0.4, -0.2) is 0 Å². The average Bonchev–Trinajstić information content (AvgIpc) is 3.66. The lowest BCUT2D eigenvalue weighted by Gasteiger charge is -2.40. The number of rotatable bonds is 5. The highest BCUT2D eigenvalue weighted by molar-refractivity contribution is 4.92. The molecule has 0 aromatic heterocycles. The van der Waals surface area contributed by atoms with Crippen LogP contribution in [0.4, 0.5) is 0 Å². The Morgan fingerprint density at radius 3 is 0.719 bits per heavy atom. The van der Waals surface area contributed by atoms with Gasteiger partial charge in [0.15, 0.2) is 0 Å². The Kier molecular flexibility index (Phi) is 7.24. The predicted molar refractivity (Wildman–Crippen MR) is 136 cm³/mol. The third kappa shape index (κ3) is 4.87. The van der Waals surface area contributed by atoms with Gasteiger partial charge in [-0.05, 0) is 149 Å². The molecule has 0 amide bonds. The van der Waals surface area contributed by atoms with E-state index in [4.69, 9.17) is 0 Å². The van der Waals surface area contributed by atoms with Gasteiger partial charge in [-0.2, -0.15) is 0 Å². The fraction of sp³-hybridized carbons (Fsp3) is 1.00. The minimum Gasteiger partial charge on any atom is -0.0530 e. The molecule has 0 N–H and O–H groups in total. The summed E-state index contributed by atoms with van der Waals surface area (Å²) in [6, 6.07) is 0. The van der Waals surface area contributed by atoms with E-state index in [0.29, 0.717) is 0 Å². The first-order chi connectivity index (χ1) is 15.8. The van der Waals surface area contributed by atoms with Crippen molar-refractivity contribution in [3.05, 3.63) is 0 Å². The third-order valence-electron chi connectivity index (χ3n) is 12.8.